The normalized spacial score (nSPS) is 12.2. The van der Waals surface area contributed by atoms with Gasteiger partial charge in [-0.2, -0.15) is 0 Å². The average Bonchev–Trinajstić information content (AvgIpc) is 3.18. The van der Waals surface area contributed by atoms with Crippen molar-refractivity contribution in [3.8, 4) is 0 Å². The molecule has 2 nitrogen and oxygen atoms in total. The zero-order valence-corrected chi connectivity index (χ0v) is 17.7. The number of aromatic nitrogens is 2. The Hall–Kier alpha value is -3.37. The van der Waals surface area contributed by atoms with Gasteiger partial charge < -0.3 is 4.57 Å². The molecule has 0 amide bonds. The number of hydrogen-bond donors (Lipinski definition) is 0. The molecule has 0 bridgehead atoms. The maximum Gasteiger partial charge on any atom is 0.128 e. The van der Waals surface area contributed by atoms with Gasteiger partial charge in [-0.05, 0) is 47.5 Å². The van der Waals surface area contributed by atoms with Gasteiger partial charge in [0.15, 0.2) is 0 Å². The molecule has 4 heteroatoms. The fourth-order valence-electron chi connectivity index (χ4n) is 3.77. The van der Waals surface area contributed by atoms with E-state index < -0.39 is 0 Å². The molecule has 5 aromatic rings. The van der Waals surface area contributed by atoms with Crippen LogP contribution in [0.4, 0.5) is 4.39 Å². The highest BCUT2D eigenvalue weighted by Crippen LogP contribution is 2.41. The Morgan fingerprint density at radius 3 is 2.13 bits per heavy atom. The maximum atomic E-state index is 13.5. The van der Waals surface area contributed by atoms with Gasteiger partial charge in [-0.15, -0.1) is 11.8 Å². The zero-order valence-electron chi connectivity index (χ0n) is 16.9. The Bertz CT molecular complexity index is 1280. The minimum atomic E-state index is -0.221. The minimum absolute atomic E-state index is 0.0245. The van der Waals surface area contributed by atoms with Gasteiger partial charge in [0.1, 0.15) is 11.6 Å². The van der Waals surface area contributed by atoms with Crippen LogP contribution in [0.3, 0.4) is 0 Å². The van der Waals surface area contributed by atoms with Crippen molar-refractivity contribution in [2.24, 2.45) is 0 Å². The molecular formula is C27H21FN2S. The first-order chi connectivity index (χ1) is 15.3. The van der Waals surface area contributed by atoms with Crippen LogP contribution in [0.25, 0.3) is 11.0 Å². The van der Waals surface area contributed by atoms with E-state index in [0.717, 1.165) is 22.4 Å². The summed E-state index contributed by atoms with van der Waals surface area (Å²) in [7, 11) is 0. The van der Waals surface area contributed by atoms with Crippen molar-refractivity contribution >= 4 is 22.8 Å². The summed E-state index contributed by atoms with van der Waals surface area (Å²) in [5, 5.41) is 0.0245. The van der Waals surface area contributed by atoms with E-state index in [1.165, 1.54) is 22.6 Å². The molecule has 0 aliphatic carbocycles. The predicted octanol–water partition coefficient (Wildman–Crippen LogP) is 7.11. The smallest absolute Gasteiger partial charge is 0.128 e. The highest BCUT2D eigenvalue weighted by molar-refractivity contribution is 7.99. The van der Waals surface area contributed by atoms with Crippen molar-refractivity contribution in [1.82, 2.24) is 9.55 Å². The van der Waals surface area contributed by atoms with Gasteiger partial charge in [0.05, 0.1) is 16.3 Å². The largest absolute Gasteiger partial charge is 0.322 e. The molecule has 0 aliphatic rings. The Morgan fingerprint density at radius 2 is 1.39 bits per heavy atom. The Labute approximate surface area is 185 Å². The lowest BCUT2D eigenvalue weighted by molar-refractivity contribution is 0.626. The van der Waals surface area contributed by atoms with Crippen LogP contribution in [-0.4, -0.2) is 9.55 Å². The van der Waals surface area contributed by atoms with Crippen LogP contribution in [0.15, 0.2) is 114 Å². The fourth-order valence-corrected chi connectivity index (χ4v) is 4.93. The van der Waals surface area contributed by atoms with E-state index in [4.69, 9.17) is 4.98 Å². The highest BCUT2D eigenvalue weighted by atomic mass is 32.2. The molecule has 1 atom stereocenters. The van der Waals surface area contributed by atoms with Crippen LogP contribution in [0.1, 0.15) is 22.2 Å². The number of benzene rings is 4. The Kier molecular flexibility index (Phi) is 5.55. The van der Waals surface area contributed by atoms with E-state index >= 15 is 0 Å². The van der Waals surface area contributed by atoms with E-state index in [1.807, 2.05) is 36.4 Å². The number of rotatable bonds is 6. The predicted molar refractivity (Wildman–Crippen MR) is 126 cm³/mol. The fraction of sp³-hybridized carbons (Fsp3) is 0.0741. The number of nitrogens with zero attached hydrogens (tertiary/aromatic N) is 2. The van der Waals surface area contributed by atoms with Crippen LogP contribution >= 0.6 is 11.8 Å². The van der Waals surface area contributed by atoms with Crippen molar-refractivity contribution in [2.75, 3.05) is 0 Å². The number of imidazole rings is 1. The summed E-state index contributed by atoms with van der Waals surface area (Å²) in [5.74, 6) is 0.770. The van der Waals surface area contributed by atoms with Crippen molar-refractivity contribution in [3.63, 3.8) is 0 Å². The van der Waals surface area contributed by atoms with Crippen molar-refractivity contribution in [3.05, 3.63) is 132 Å². The lowest BCUT2D eigenvalue weighted by Crippen LogP contribution is -2.09. The topological polar surface area (TPSA) is 17.8 Å². The summed E-state index contributed by atoms with van der Waals surface area (Å²) in [6, 6.07) is 35.8. The summed E-state index contributed by atoms with van der Waals surface area (Å²) in [6.45, 7) is 0.634. The monoisotopic (exact) mass is 424 g/mol. The molecule has 0 radical (unpaired) electrons. The number of fused-ring (bicyclic) bond motifs is 1. The molecule has 1 unspecified atom stereocenters. The van der Waals surface area contributed by atoms with Gasteiger partial charge >= 0.3 is 0 Å². The van der Waals surface area contributed by atoms with E-state index in [0.29, 0.717) is 6.54 Å². The third kappa shape index (κ3) is 4.25. The summed E-state index contributed by atoms with van der Waals surface area (Å²) in [6.07, 6.45) is 0. The molecule has 1 heterocycles. The van der Waals surface area contributed by atoms with Crippen molar-refractivity contribution in [2.45, 2.75) is 16.7 Å². The van der Waals surface area contributed by atoms with Crippen molar-refractivity contribution in [1.29, 1.82) is 0 Å². The molecule has 1 aromatic heterocycles. The van der Waals surface area contributed by atoms with Crippen LogP contribution in [0.2, 0.25) is 0 Å². The van der Waals surface area contributed by atoms with Crippen LogP contribution in [0.5, 0.6) is 0 Å². The Balaban J connectivity index is 1.65. The van der Waals surface area contributed by atoms with Gasteiger partial charge in [-0.1, -0.05) is 72.8 Å². The SMILES string of the molecule is Fc1ccc(Cn2c(C(Sc3ccccc3)c3ccccc3)nc3ccccc32)cc1. The second-order valence-electron chi connectivity index (χ2n) is 7.39. The molecule has 31 heavy (non-hydrogen) atoms. The molecule has 0 fully saturated rings. The molecular weight excluding hydrogens is 403 g/mol. The van der Waals surface area contributed by atoms with Crippen LogP contribution < -0.4 is 0 Å². The lowest BCUT2D eigenvalue weighted by atomic mass is 10.1. The summed E-state index contributed by atoms with van der Waals surface area (Å²) in [5.41, 5.74) is 4.29. The van der Waals surface area contributed by atoms with Crippen LogP contribution in [-0.2, 0) is 6.54 Å². The third-order valence-electron chi connectivity index (χ3n) is 5.27. The van der Waals surface area contributed by atoms with Gasteiger partial charge in [0.25, 0.3) is 0 Å². The standard InChI is InChI=1S/C27H21FN2S/c28-22-17-15-20(16-18-22)19-30-25-14-8-7-13-24(25)29-27(30)26(21-9-3-1-4-10-21)31-23-11-5-2-6-12-23/h1-18,26H,19H2. The zero-order chi connectivity index (χ0) is 21.0. The highest BCUT2D eigenvalue weighted by Gasteiger charge is 2.23. The maximum absolute atomic E-state index is 13.5. The first-order valence-electron chi connectivity index (χ1n) is 10.2. The Morgan fingerprint density at radius 1 is 0.742 bits per heavy atom. The summed E-state index contributed by atoms with van der Waals surface area (Å²) in [4.78, 5) is 6.26. The van der Waals surface area contributed by atoms with Crippen molar-refractivity contribution < 1.29 is 4.39 Å². The lowest BCUT2D eigenvalue weighted by Gasteiger charge is -2.19. The van der Waals surface area contributed by atoms with E-state index in [2.05, 4.69) is 65.2 Å². The molecule has 0 saturated heterocycles. The number of halogens is 1. The minimum Gasteiger partial charge on any atom is -0.322 e. The second kappa shape index (κ2) is 8.78. The number of thioether (sulfide) groups is 1. The number of para-hydroxylation sites is 2. The molecule has 4 aromatic carbocycles. The van der Waals surface area contributed by atoms with Crippen LogP contribution in [0, 0.1) is 5.82 Å². The first-order valence-corrected chi connectivity index (χ1v) is 11.1. The molecule has 0 aliphatic heterocycles. The van der Waals surface area contributed by atoms with Gasteiger partial charge in [-0.3, -0.25) is 0 Å². The molecule has 0 saturated carbocycles. The van der Waals surface area contributed by atoms with Gasteiger partial charge in [-0.25, -0.2) is 9.37 Å². The molecule has 152 valence electrons. The van der Waals surface area contributed by atoms with E-state index in [9.17, 15) is 4.39 Å². The van der Waals surface area contributed by atoms with E-state index in [-0.39, 0.29) is 11.1 Å². The summed E-state index contributed by atoms with van der Waals surface area (Å²) < 4.78 is 15.7. The quantitative estimate of drug-likeness (QED) is 0.270. The summed E-state index contributed by atoms with van der Waals surface area (Å²) >= 11 is 1.79. The second-order valence-corrected chi connectivity index (χ2v) is 8.57. The van der Waals surface area contributed by atoms with E-state index in [1.54, 1.807) is 11.8 Å². The first kappa shape index (κ1) is 19.6. The van der Waals surface area contributed by atoms with Gasteiger partial charge in [0, 0.05) is 11.4 Å². The molecule has 5 rings (SSSR count). The van der Waals surface area contributed by atoms with Gasteiger partial charge in [0.2, 0.25) is 0 Å². The molecule has 0 N–H and O–H groups in total. The molecule has 0 spiro atoms. The third-order valence-corrected chi connectivity index (χ3v) is 6.54. The average molecular weight is 425 g/mol. The number of hydrogen-bond acceptors (Lipinski definition) is 2.